The third-order valence-electron chi connectivity index (χ3n) is 2.39. The van der Waals surface area contributed by atoms with Gasteiger partial charge in [-0.1, -0.05) is 5.16 Å². The molecule has 0 spiro atoms. The van der Waals surface area contributed by atoms with Crippen LogP contribution in [0.25, 0.3) is 0 Å². The maximum atomic E-state index is 11.8. The summed E-state index contributed by atoms with van der Waals surface area (Å²) in [6.07, 6.45) is 1.76. The van der Waals surface area contributed by atoms with E-state index in [1.807, 2.05) is 0 Å². The largest absolute Gasteiger partial charge is 0.464 e. The number of carbonyl (C=O) groups is 1. The third-order valence-corrected chi connectivity index (χ3v) is 4.38. The number of ether oxygens (including phenoxy) is 2. The molecule has 110 valence electrons. The molecule has 7 nitrogen and oxygen atoms in total. The molecule has 0 aromatic rings. The van der Waals surface area contributed by atoms with Crippen molar-refractivity contribution in [2.45, 2.75) is 25.6 Å². The fourth-order valence-electron chi connectivity index (χ4n) is 1.41. The van der Waals surface area contributed by atoms with Gasteiger partial charge in [0.25, 0.3) is 5.04 Å². The van der Waals surface area contributed by atoms with Crippen LogP contribution in [0.3, 0.4) is 0 Å². The molecule has 0 radical (unpaired) electrons. The Balaban J connectivity index is 2.81. The van der Waals surface area contributed by atoms with Crippen molar-refractivity contribution in [1.29, 1.82) is 0 Å². The second-order valence-corrected chi connectivity index (χ2v) is 6.20. The highest BCUT2D eigenvalue weighted by molar-refractivity contribution is 8.08. The van der Waals surface area contributed by atoms with Crippen LogP contribution in [-0.4, -0.2) is 51.1 Å². The van der Waals surface area contributed by atoms with Crippen LogP contribution in [0.15, 0.2) is 5.16 Å². The minimum atomic E-state index is -3.92. The van der Waals surface area contributed by atoms with Crippen molar-refractivity contribution >= 4 is 32.5 Å². The van der Waals surface area contributed by atoms with Crippen molar-refractivity contribution in [3.63, 3.8) is 0 Å². The highest BCUT2D eigenvalue weighted by Gasteiger charge is 2.29. The fourth-order valence-corrected chi connectivity index (χ4v) is 2.91. The molecule has 0 aromatic heterocycles. The van der Waals surface area contributed by atoms with Crippen LogP contribution in [0, 0.1) is 0 Å². The van der Waals surface area contributed by atoms with Crippen LogP contribution < -0.4 is 0 Å². The number of nitrogens with zero attached hydrogens (tertiary/aromatic N) is 1. The molecule has 0 N–H and O–H groups in total. The number of hydrogen-bond acceptors (Lipinski definition) is 7. The lowest BCUT2D eigenvalue weighted by Gasteiger charge is -2.20. The van der Waals surface area contributed by atoms with Gasteiger partial charge in [-0.15, -0.1) is 11.6 Å². The first-order valence-electron chi connectivity index (χ1n) is 5.73. The average Bonchev–Trinajstić information content (AvgIpc) is 2.39. The summed E-state index contributed by atoms with van der Waals surface area (Å²) in [5.41, 5.74) is 0. The summed E-state index contributed by atoms with van der Waals surface area (Å²) < 4.78 is 33.1. The average molecular weight is 314 g/mol. The Morgan fingerprint density at radius 2 is 2.21 bits per heavy atom. The molecule has 0 aromatic carbocycles. The quantitative estimate of drug-likeness (QED) is 0.249. The van der Waals surface area contributed by atoms with Gasteiger partial charge in [0.15, 0.2) is 0 Å². The predicted molar refractivity (Wildman–Crippen MR) is 68.6 cm³/mol. The number of methoxy groups -OCH3 is 1. The third kappa shape index (κ3) is 4.96. The minimum absolute atomic E-state index is 0.154. The van der Waals surface area contributed by atoms with Gasteiger partial charge in [0.1, 0.15) is 0 Å². The zero-order valence-electron chi connectivity index (χ0n) is 10.5. The number of halogens is 1. The Morgan fingerprint density at radius 3 is 2.74 bits per heavy atom. The zero-order valence-corrected chi connectivity index (χ0v) is 12.1. The molecular weight excluding hydrogens is 298 g/mol. The summed E-state index contributed by atoms with van der Waals surface area (Å²) in [7, 11) is -2.86. The van der Waals surface area contributed by atoms with E-state index in [4.69, 9.17) is 21.2 Å². The summed E-state index contributed by atoms with van der Waals surface area (Å²) in [4.78, 5) is 16.4. The molecule has 1 saturated heterocycles. The lowest BCUT2D eigenvalue weighted by atomic mass is 10.2. The number of hydrogen-bond donors (Lipinski definition) is 0. The molecule has 1 heterocycles. The number of sulfone groups is 1. The van der Waals surface area contributed by atoms with Gasteiger partial charge in [-0.25, -0.2) is 13.2 Å². The topological polar surface area (TPSA) is 91.3 Å². The van der Waals surface area contributed by atoms with Crippen molar-refractivity contribution in [1.82, 2.24) is 0 Å². The standard InChI is InChI=1S/C10H16ClNO6S/c1-16-10(13)9(19(14,15)7-5-11)12-18-8-4-2-3-6-17-8/h8H,2-7H2,1H3/b12-9+. The maximum Gasteiger partial charge on any atom is 0.372 e. The lowest BCUT2D eigenvalue weighted by molar-refractivity contribution is -0.162. The normalized spacial score (nSPS) is 20.9. The Morgan fingerprint density at radius 1 is 1.47 bits per heavy atom. The van der Waals surface area contributed by atoms with Gasteiger partial charge in [0.05, 0.1) is 19.5 Å². The van der Waals surface area contributed by atoms with E-state index in [1.165, 1.54) is 0 Å². The first kappa shape index (κ1) is 16.2. The molecule has 1 rings (SSSR count). The van der Waals surface area contributed by atoms with Crippen LogP contribution in [0.5, 0.6) is 0 Å². The SMILES string of the molecule is COC(=O)/C(=N\OC1CCCCO1)S(=O)(=O)CCCl. The first-order valence-corrected chi connectivity index (χ1v) is 7.92. The van der Waals surface area contributed by atoms with Gasteiger partial charge in [-0.2, -0.15) is 0 Å². The highest BCUT2D eigenvalue weighted by Crippen LogP contribution is 2.14. The Kier molecular flexibility index (Phi) is 6.53. The summed E-state index contributed by atoms with van der Waals surface area (Å²) >= 11 is 5.38. The number of rotatable bonds is 4. The molecule has 0 saturated carbocycles. The van der Waals surface area contributed by atoms with E-state index in [1.54, 1.807) is 0 Å². The molecule has 0 aliphatic carbocycles. The predicted octanol–water partition coefficient (Wildman–Crippen LogP) is 0.670. The molecule has 1 aliphatic heterocycles. The van der Waals surface area contributed by atoms with E-state index in [9.17, 15) is 13.2 Å². The van der Waals surface area contributed by atoms with Crippen LogP contribution in [0.1, 0.15) is 19.3 Å². The zero-order chi connectivity index (χ0) is 14.3. The van der Waals surface area contributed by atoms with Crippen molar-refractivity contribution in [2.24, 2.45) is 5.16 Å². The van der Waals surface area contributed by atoms with E-state index in [0.29, 0.717) is 13.0 Å². The molecule has 1 aliphatic rings. The number of carbonyl (C=O) groups excluding carboxylic acids is 1. The van der Waals surface area contributed by atoms with Crippen molar-refractivity contribution in [3.8, 4) is 0 Å². The summed E-state index contributed by atoms with van der Waals surface area (Å²) in [5, 5.41) is 2.59. The molecule has 19 heavy (non-hydrogen) atoms. The highest BCUT2D eigenvalue weighted by atomic mass is 35.5. The Hall–Kier alpha value is -0.860. The molecule has 1 atom stereocenters. The van der Waals surface area contributed by atoms with Crippen LogP contribution >= 0.6 is 11.6 Å². The molecule has 9 heteroatoms. The molecular formula is C10H16ClNO6S. The van der Waals surface area contributed by atoms with E-state index >= 15 is 0 Å². The van der Waals surface area contributed by atoms with E-state index in [0.717, 1.165) is 20.0 Å². The van der Waals surface area contributed by atoms with Crippen LogP contribution in [0.2, 0.25) is 0 Å². The van der Waals surface area contributed by atoms with Crippen molar-refractivity contribution in [2.75, 3.05) is 25.3 Å². The summed E-state index contributed by atoms with van der Waals surface area (Å²) in [5.74, 6) is -1.66. The Bertz CT molecular complexity index is 429. The molecule has 0 amide bonds. The molecule has 1 fully saturated rings. The van der Waals surface area contributed by atoms with Gasteiger partial charge < -0.3 is 14.3 Å². The number of oxime groups is 1. The number of alkyl halides is 1. The monoisotopic (exact) mass is 313 g/mol. The van der Waals surface area contributed by atoms with Gasteiger partial charge in [-0.3, -0.25) is 0 Å². The lowest BCUT2D eigenvalue weighted by Crippen LogP contribution is -2.30. The summed E-state index contributed by atoms with van der Waals surface area (Å²) in [6.45, 7) is 0.516. The van der Waals surface area contributed by atoms with Crippen molar-refractivity contribution in [3.05, 3.63) is 0 Å². The van der Waals surface area contributed by atoms with Gasteiger partial charge in [0, 0.05) is 12.3 Å². The second-order valence-electron chi connectivity index (χ2n) is 3.80. The van der Waals surface area contributed by atoms with Crippen LogP contribution in [0.4, 0.5) is 0 Å². The van der Waals surface area contributed by atoms with E-state index in [2.05, 4.69) is 9.89 Å². The van der Waals surface area contributed by atoms with Gasteiger partial charge in [-0.05, 0) is 12.8 Å². The van der Waals surface area contributed by atoms with E-state index in [-0.39, 0.29) is 5.88 Å². The molecule has 0 bridgehead atoms. The fraction of sp³-hybridized carbons (Fsp3) is 0.800. The van der Waals surface area contributed by atoms with E-state index < -0.39 is 32.9 Å². The first-order chi connectivity index (χ1) is 9.01. The minimum Gasteiger partial charge on any atom is -0.464 e. The van der Waals surface area contributed by atoms with Crippen LogP contribution in [-0.2, 0) is 28.9 Å². The molecule has 1 unspecified atom stereocenters. The number of esters is 1. The smallest absolute Gasteiger partial charge is 0.372 e. The van der Waals surface area contributed by atoms with Gasteiger partial charge in [0.2, 0.25) is 16.1 Å². The maximum absolute atomic E-state index is 11.8. The van der Waals surface area contributed by atoms with Gasteiger partial charge >= 0.3 is 5.97 Å². The Labute approximate surface area is 116 Å². The van der Waals surface area contributed by atoms with Crippen molar-refractivity contribution < 1.29 is 27.5 Å². The second kappa shape index (κ2) is 7.66. The summed E-state index contributed by atoms with van der Waals surface area (Å²) in [6, 6.07) is 0.